The van der Waals surface area contributed by atoms with Gasteiger partial charge in [-0.25, -0.2) is 18.4 Å². The molecule has 2 heterocycles. The Balaban J connectivity index is 2.37. The molecule has 0 amide bonds. The van der Waals surface area contributed by atoms with E-state index in [-0.39, 0.29) is 11.0 Å². The van der Waals surface area contributed by atoms with Crippen LogP contribution in [0.25, 0.3) is 0 Å². The van der Waals surface area contributed by atoms with E-state index in [1.807, 2.05) is 0 Å². The van der Waals surface area contributed by atoms with Gasteiger partial charge in [0, 0.05) is 25.4 Å². The Morgan fingerprint density at radius 2 is 1.88 bits per heavy atom. The molecule has 0 aliphatic carbocycles. The Bertz CT molecular complexity index is 509. The summed E-state index contributed by atoms with van der Waals surface area (Å²) in [7, 11) is -3.42. The molecular formula is C10H16N4O2S. The zero-order valence-electron chi connectivity index (χ0n) is 9.76. The van der Waals surface area contributed by atoms with Crippen LogP contribution >= 0.6 is 0 Å². The van der Waals surface area contributed by atoms with Gasteiger partial charge in [0.1, 0.15) is 11.6 Å². The Hall–Kier alpha value is -1.37. The third kappa shape index (κ3) is 2.85. The molecule has 0 aromatic carbocycles. The Kier molecular flexibility index (Phi) is 3.19. The van der Waals surface area contributed by atoms with Crippen molar-refractivity contribution in [1.29, 1.82) is 0 Å². The molecule has 2 rings (SSSR count). The number of sulfone groups is 1. The second-order valence-corrected chi connectivity index (χ2v) is 6.16. The standard InChI is InChI=1S/C10H16N4O2S/c1-17(15,16)10-12-8(11)7-9(13-10)14-5-3-2-4-6-14/h7H,2-6H2,1H3,(H2,11,12,13). The first-order valence-electron chi connectivity index (χ1n) is 5.56. The van der Waals surface area contributed by atoms with Crippen LogP contribution in [0.3, 0.4) is 0 Å². The van der Waals surface area contributed by atoms with E-state index < -0.39 is 9.84 Å². The third-order valence-electron chi connectivity index (χ3n) is 2.72. The summed E-state index contributed by atoms with van der Waals surface area (Å²) in [6, 6.07) is 1.62. The highest BCUT2D eigenvalue weighted by molar-refractivity contribution is 7.90. The van der Waals surface area contributed by atoms with Gasteiger partial charge in [-0.1, -0.05) is 0 Å². The van der Waals surface area contributed by atoms with Crippen LogP contribution in [0.5, 0.6) is 0 Å². The minimum Gasteiger partial charge on any atom is -0.383 e. The van der Waals surface area contributed by atoms with Gasteiger partial charge in [0.05, 0.1) is 0 Å². The first-order chi connectivity index (χ1) is 7.97. The molecule has 1 aromatic heterocycles. The molecular weight excluding hydrogens is 240 g/mol. The summed E-state index contributed by atoms with van der Waals surface area (Å²) >= 11 is 0. The molecule has 17 heavy (non-hydrogen) atoms. The molecule has 0 bridgehead atoms. The lowest BCUT2D eigenvalue weighted by atomic mass is 10.1. The topological polar surface area (TPSA) is 89.2 Å². The minimum absolute atomic E-state index is 0.195. The molecule has 2 N–H and O–H groups in total. The van der Waals surface area contributed by atoms with Gasteiger partial charge < -0.3 is 10.6 Å². The number of anilines is 2. The second-order valence-electron chi connectivity index (χ2n) is 4.25. The summed E-state index contributed by atoms with van der Waals surface area (Å²) in [4.78, 5) is 9.88. The van der Waals surface area contributed by atoms with E-state index in [1.165, 1.54) is 6.42 Å². The smallest absolute Gasteiger partial charge is 0.250 e. The van der Waals surface area contributed by atoms with Crippen molar-refractivity contribution in [3.8, 4) is 0 Å². The fraction of sp³-hybridized carbons (Fsp3) is 0.600. The summed E-state index contributed by atoms with van der Waals surface area (Å²) in [6.07, 6.45) is 4.48. The van der Waals surface area contributed by atoms with Crippen LogP contribution in [0.2, 0.25) is 0 Å². The van der Waals surface area contributed by atoms with Gasteiger partial charge in [-0.3, -0.25) is 0 Å². The zero-order chi connectivity index (χ0) is 12.5. The van der Waals surface area contributed by atoms with Gasteiger partial charge in [0.2, 0.25) is 9.84 Å². The number of aromatic nitrogens is 2. The van der Waals surface area contributed by atoms with E-state index in [0.29, 0.717) is 5.82 Å². The highest BCUT2D eigenvalue weighted by atomic mass is 32.2. The highest BCUT2D eigenvalue weighted by Crippen LogP contribution is 2.20. The average Bonchev–Trinajstić information content (AvgIpc) is 2.28. The van der Waals surface area contributed by atoms with E-state index >= 15 is 0 Å². The number of nitrogens with zero attached hydrogens (tertiary/aromatic N) is 3. The molecule has 1 saturated heterocycles. The van der Waals surface area contributed by atoms with Gasteiger partial charge in [0.25, 0.3) is 5.16 Å². The van der Waals surface area contributed by atoms with Crippen molar-refractivity contribution in [1.82, 2.24) is 9.97 Å². The van der Waals surface area contributed by atoms with Crippen molar-refractivity contribution in [2.75, 3.05) is 30.0 Å². The lowest BCUT2D eigenvalue weighted by Crippen LogP contribution is -2.30. The predicted octanol–water partition coefficient (Wildman–Crippen LogP) is 0.453. The summed E-state index contributed by atoms with van der Waals surface area (Å²) in [5, 5.41) is -0.196. The molecule has 0 saturated carbocycles. The lowest BCUT2D eigenvalue weighted by Gasteiger charge is -2.27. The summed E-state index contributed by atoms with van der Waals surface area (Å²) in [5.41, 5.74) is 5.62. The Labute approximate surface area is 101 Å². The van der Waals surface area contributed by atoms with Crippen LogP contribution in [0.1, 0.15) is 19.3 Å². The van der Waals surface area contributed by atoms with Crippen LogP contribution in [0, 0.1) is 0 Å². The van der Waals surface area contributed by atoms with E-state index in [4.69, 9.17) is 5.73 Å². The van der Waals surface area contributed by atoms with Gasteiger partial charge in [0.15, 0.2) is 0 Å². The summed E-state index contributed by atoms with van der Waals surface area (Å²) < 4.78 is 22.8. The van der Waals surface area contributed by atoms with Crippen LogP contribution < -0.4 is 10.6 Å². The number of nitrogen functional groups attached to an aromatic ring is 1. The quantitative estimate of drug-likeness (QED) is 0.773. The van der Waals surface area contributed by atoms with Gasteiger partial charge in [-0.2, -0.15) is 0 Å². The predicted molar refractivity (Wildman–Crippen MR) is 65.6 cm³/mol. The lowest BCUT2D eigenvalue weighted by molar-refractivity contribution is 0.568. The molecule has 1 fully saturated rings. The van der Waals surface area contributed by atoms with Crippen molar-refractivity contribution < 1.29 is 8.42 Å². The third-order valence-corrected chi connectivity index (χ3v) is 3.57. The molecule has 0 unspecified atom stereocenters. The SMILES string of the molecule is CS(=O)(=O)c1nc(N)cc(N2CCCCC2)n1. The number of hydrogen-bond acceptors (Lipinski definition) is 6. The summed E-state index contributed by atoms with van der Waals surface area (Å²) in [6.45, 7) is 1.78. The maximum absolute atomic E-state index is 11.4. The van der Waals surface area contributed by atoms with Crippen molar-refractivity contribution in [3.05, 3.63) is 6.07 Å². The number of nitrogens with two attached hydrogens (primary N) is 1. The normalized spacial score (nSPS) is 17.1. The monoisotopic (exact) mass is 256 g/mol. The molecule has 6 nitrogen and oxygen atoms in total. The number of piperidine rings is 1. The van der Waals surface area contributed by atoms with Crippen molar-refractivity contribution in [3.63, 3.8) is 0 Å². The van der Waals surface area contributed by atoms with Crippen LogP contribution in [0.4, 0.5) is 11.6 Å². The van der Waals surface area contributed by atoms with Crippen molar-refractivity contribution >= 4 is 21.5 Å². The second kappa shape index (κ2) is 4.48. The number of hydrogen-bond donors (Lipinski definition) is 1. The molecule has 1 aliphatic heterocycles. The Morgan fingerprint density at radius 1 is 1.24 bits per heavy atom. The van der Waals surface area contributed by atoms with Crippen LogP contribution in [0.15, 0.2) is 11.2 Å². The molecule has 1 aromatic rings. The first-order valence-corrected chi connectivity index (χ1v) is 7.45. The van der Waals surface area contributed by atoms with E-state index in [2.05, 4.69) is 14.9 Å². The maximum Gasteiger partial charge on any atom is 0.250 e. The van der Waals surface area contributed by atoms with Gasteiger partial charge in [-0.15, -0.1) is 0 Å². The fourth-order valence-electron chi connectivity index (χ4n) is 1.88. The number of rotatable bonds is 2. The molecule has 0 atom stereocenters. The van der Waals surface area contributed by atoms with E-state index in [0.717, 1.165) is 32.2 Å². The van der Waals surface area contributed by atoms with Crippen LogP contribution in [-0.4, -0.2) is 37.7 Å². The molecule has 94 valence electrons. The average molecular weight is 256 g/mol. The van der Waals surface area contributed by atoms with E-state index in [9.17, 15) is 8.42 Å². The largest absolute Gasteiger partial charge is 0.383 e. The summed E-state index contributed by atoms with van der Waals surface area (Å²) in [5.74, 6) is 0.804. The van der Waals surface area contributed by atoms with Crippen LogP contribution in [-0.2, 0) is 9.84 Å². The fourth-order valence-corrected chi connectivity index (χ4v) is 2.41. The van der Waals surface area contributed by atoms with Gasteiger partial charge >= 0.3 is 0 Å². The molecule has 1 aliphatic rings. The molecule has 0 spiro atoms. The first kappa shape index (κ1) is 12.1. The molecule has 7 heteroatoms. The zero-order valence-corrected chi connectivity index (χ0v) is 10.6. The molecule has 0 radical (unpaired) electrons. The Morgan fingerprint density at radius 3 is 2.47 bits per heavy atom. The van der Waals surface area contributed by atoms with Crippen molar-refractivity contribution in [2.45, 2.75) is 24.4 Å². The minimum atomic E-state index is -3.42. The maximum atomic E-state index is 11.4. The van der Waals surface area contributed by atoms with E-state index in [1.54, 1.807) is 6.07 Å². The van der Waals surface area contributed by atoms with Gasteiger partial charge in [-0.05, 0) is 19.3 Å². The highest BCUT2D eigenvalue weighted by Gasteiger charge is 2.18. The van der Waals surface area contributed by atoms with Crippen molar-refractivity contribution in [2.24, 2.45) is 0 Å².